The quantitative estimate of drug-likeness (QED) is 0.685. The van der Waals surface area contributed by atoms with Gasteiger partial charge >= 0.3 is 0 Å². The Morgan fingerprint density at radius 1 is 1.03 bits per heavy atom. The lowest BCUT2D eigenvalue weighted by Crippen LogP contribution is -2.66. The van der Waals surface area contributed by atoms with Crippen LogP contribution in [0.3, 0.4) is 0 Å². The third kappa shape index (κ3) is 3.87. The number of hydrogen-bond donors (Lipinski definition) is 1. The monoisotopic (exact) mass is 422 g/mol. The minimum atomic E-state index is -0.791. The first-order valence-electron chi connectivity index (χ1n) is 11.0. The van der Waals surface area contributed by atoms with E-state index in [2.05, 4.69) is 5.32 Å². The first-order chi connectivity index (χ1) is 15.1. The Bertz CT molecular complexity index is 938. The van der Waals surface area contributed by atoms with Gasteiger partial charge in [0.1, 0.15) is 5.54 Å². The van der Waals surface area contributed by atoms with Crippen molar-refractivity contribution in [1.29, 1.82) is 0 Å². The first kappa shape index (κ1) is 21.2. The van der Waals surface area contributed by atoms with E-state index in [0.717, 1.165) is 30.4 Å². The van der Waals surface area contributed by atoms with Crippen LogP contribution in [0.15, 0.2) is 48.5 Å². The number of rotatable bonds is 7. The van der Waals surface area contributed by atoms with Crippen molar-refractivity contribution >= 4 is 11.8 Å². The minimum Gasteiger partial charge on any atom is -0.493 e. The molecule has 2 aromatic carbocycles. The molecule has 1 N–H and O–H groups in total. The number of hydrogen-bond acceptors (Lipinski definition) is 4. The molecular formula is C25H30N2O4. The fraction of sp³-hybridized carbons (Fsp3) is 0.440. The van der Waals surface area contributed by atoms with Gasteiger partial charge in [-0.25, -0.2) is 0 Å². The second-order valence-corrected chi connectivity index (χ2v) is 8.32. The molecule has 1 aliphatic carbocycles. The number of methoxy groups -OCH3 is 2. The molecule has 1 aliphatic heterocycles. The number of carbonyl (C=O) groups is 2. The molecule has 164 valence electrons. The Morgan fingerprint density at radius 3 is 2.42 bits per heavy atom. The molecule has 6 nitrogen and oxygen atoms in total. The van der Waals surface area contributed by atoms with Crippen molar-refractivity contribution in [1.82, 2.24) is 10.2 Å². The van der Waals surface area contributed by atoms with E-state index < -0.39 is 5.54 Å². The summed E-state index contributed by atoms with van der Waals surface area (Å²) in [4.78, 5) is 28.3. The topological polar surface area (TPSA) is 67.9 Å². The summed E-state index contributed by atoms with van der Waals surface area (Å²) in [7, 11) is 3.19. The van der Waals surface area contributed by atoms with E-state index in [-0.39, 0.29) is 17.9 Å². The summed E-state index contributed by atoms with van der Waals surface area (Å²) in [5.74, 6) is 1.23. The van der Waals surface area contributed by atoms with Gasteiger partial charge in [0, 0.05) is 12.1 Å². The van der Waals surface area contributed by atoms with E-state index in [1.807, 2.05) is 53.4 Å². The van der Waals surface area contributed by atoms with E-state index >= 15 is 0 Å². The lowest BCUT2D eigenvalue weighted by molar-refractivity contribution is -0.168. The fourth-order valence-electron chi connectivity index (χ4n) is 5.04. The zero-order chi connectivity index (χ0) is 21.8. The fourth-order valence-corrected chi connectivity index (χ4v) is 5.04. The smallest absolute Gasteiger partial charge is 0.246 e. The highest BCUT2D eigenvalue weighted by atomic mass is 16.5. The zero-order valence-corrected chi connectivity index (χ0v) is 18.2. The predicted octanol–water partition coefficient (Wildman–Crippen LogP) is 4.00. The first-order valence-corrected chi connectivity index (χ1v) is 11.0. The van der Waals surface area contributed by atoms with Gasteiger partial charge in [0.15, 0.2) is 11.5 Å². The van der Waals surface area contributed by atoms with E-state index in [1.54, 1.807) is 14.2 Å². The lowest BCUT2D eigenvalue weighted by Gasteiger charge is -2.54. The van der Waals surface area contributed by atoms with Crippen LogP contribution >= 0.6 is 0 Å². The van der Waals surface area contributed by atoms with Crippen LogP contribution in [0.4, 0.5) is 0 Å². The summed E-state index contributed by atoms with van der Waals surface area (Å²) in [5, 5.41) is 3.11. The normalized spacial score (nSPS) is 20.0. The van der Waals surface area contributed by atoms with Gasteiger partial charge in [-0.05, 0) is 24.5 Å². The van der Waals surface area contributed by atoms with Crippen LogP contribution < -0.4 is 14.8 Å². The van der Waals surface area contributed by atoms with Crippen LogP contribution in [-0.2, 0) is 16.1 Å². The van der Waals surface area contributed by atoms with E-state index in [9.17, 15) is 9.59 Å². The van der Waals surface area contributed by atoms with Crippen molar-refractivity contribution < 1.29 is 19.1 Å². The molecule has 0 radical (unpaired) electrons. The van der Waals surface area contributed by atoms with Crippen molar-refractivity contribution in [2.75, 3.05) is 14.2 Å². The summed E-state index contributed by atoms with van der Waals surface area (Å²) in [6, 6.07) is 15.6. The molecule has 0 bridgehead atoms. The number of amides is 2. The van der Waals surface area contributed by atoms with Gasteiger partial charge in [-0.15, -0.1) is 0 Å². The highest BCUT2D eigenvalue weighted by Gasteiger charge is 2.54. The number of benzene rings is 2. The number of β-lactam (4-membered cyclic amide) rings is 1. The molecule has 2 amide bonds. The van der Waals surface area contributed by atoms with Gasteiger partial charge < -0.3 is 19.7 Å². The Morgan fingerprint density at radius 2 is 1.77 bits per heavy atom. The van der Waals surface area contributed by atoms with Crippen LogP contribution in [0.5, 0.6) is 11.5 Å². The number of carbonyl (C=O) groups excluding carboxylic acids is 2. The molecule has 1 unspecified atom stereocenters. The maximum Gasteiger partial charge on any atom is 0.246 e. The van der Waals surface area contributed by atoms with Crippen LogP contribution in [0, 0.1) is 0 Å². The molecule has 0 aromatic heterocycles. The Labute approximate surface area is 183 Å². The van der Waals surface area contributed by atoms with Crippen molar-refractivity contribution in [3.05, 3.63) is 59.7 Å². The molecular weight excluding hydrogens is 392 g/mol. The number of nitrogens with one attached hydrogen (secondary N) is 1. The summed E-state index contributed by atoms with van der Waals surface area (Å²) in [6.45, 7) is 0.318. The van der Waals surface area contributed by atoms with Crippen molar-refractivity contribution in [2.24, 2.45) is 0 Å². The molecule has 31 heavy (non-hydrogen) atoms. The maximum absolute atomic E-state index is 13.6. The number of ether oxygens (including phenoxy) is 2. The Balaban J connectivity index is 1.58. The summed E-state index contributed by atoms with van der Waals surface area (Å²) >= 11 is 0. The van der Waals surface area contributed by atoms with Crippen LogP contribution in [0.1, 0.15) is 55.7 Å². The van der Waals surface area contributed by atoms with Gasteiger partial charge in [0.05, 0.1) is 26.7 Å². The summed E-state index contributed by atoms with van der Waals surface area (Å²) < 4.78 is 10.9. The Hall–Kier alpha value is -3.02. The molecule has 2 fully saturated rings. The molecule has 4 rings (SSSR count). The number of likely N-dealkylation sites (tertiary alicyclic amines) is 1. The molecule has 2 aromatic rings. The van der Waals surface area contributed by atoms with Gasteiger partial charge in [0.2, 0.25) is 11.8 Å². The van der Waals surface area contributed by atoms with Crippen molar-refractivity contribution in [2.45, 2.75) is 56.7 Å². The highest BCUT2D eigenvalue weighted by Crippen LogP contribution is 2.46. The largest absolute Gasteiger partial charge is 0.493 e. The molecule has 2 aliphatic rings. The average molecular weight is 423 g/mol. The van der Waals surface area contributed by atoms with E-state index in [0.29, 0.717) is 37.3 Å². The molecule has 6 heteroatoms. The van der Waals surface area contributed by atoms with Crippen LogP contribution in [0.25, 0.3) is 0 Å². The molecule has 1 saturated heterocycles. The molecule has 0 spiro atoms. The van der Waals surface area contributed by atoms with Gasteiger partial charge in [-0.3, -0.25) is 9.59 Å². The van der Waals surface area contributed by atoms with Crippen LogP contribution in [-0.4, -0.2) is 36.5 Å². The molecule has 1 atom stereocenters. The highest BCUT2D eigenvalue weighted by molar-refractivity contribution is 5.95. The molecule has 1 heterocycles. The number of para-hydroxylation sites is 1. The van der Waals surface area contributed by atoms with E-state index in [1.165, 1.54) is 0 Å². The van der Waals surface area contributed by atoms with Crippen LogP contribution in [0.2, 0.25) is 0 Å². The standard InChI is InChI=1S/C25H30N2O4/c1-30-21-13-9-12-19(23(21)31-2)17-26-24(29)25(14-7-4-8-15-25)27-20(16-22(27)28)18-10-5-3-6-11-18/h3,5-6,9-13,20H,4,7-8,14-17H2,1-2H3,(H,26,29). The number of nitrogens with zero attached hydrogens (tertiary/aromatic N) is 1. The third-order valence-electron chi connectivity index (χ3n) is 6.62. The second kappa shape index (κ2) is 9.00. The predicted molar refractivity (Wildman–Crippen MR) is 118 cm³/mol. The van der Waals surface area contributed by atoms with Crippen molar-refractivity contribution in [3.8, 4) is 11.5 Å². The second-order valence-electron chi connectivity index (χ2n) is 8.32. The SMILES string of the molecule is COc1cccc(CNC(=O)C2(N3C(=O)CC3c3ccccc3)CCCCC2)c1OC. The zero-order valence-electron chi connectivity index (χ0n) is 18.2. The average Bonchev–Trinajstić information content (AvgIpc) is 2.81. The summed E-state index contributed by atoms with van der Waals surface area (Å²) in [5.41, 5.74) is 1.14. The maximum atomic E-state index is 13.6. The van der Waals surface area contributed by atoms with Gasteiger partial charge in [-0.2, -0.15) is 0 Å². The summed E-state index contributed by atoms with van der Waals surface area (Å²) in [6.07, 6.45) is 4.84. The van der Waals surface area contributed by atoms with E-state index in [4.69, 9.17) is 9.47 Å². The van der Waals surface area contributed by atoms with Gasteiger partial charge in [0.25, 0.3) is 0 Å². The minimum absolute atomic E-state index is 0.0381. The Kier molecular flexibility index (Phi) is 6.16. The lowest BCUT2D eigenvalue weighted by atomic mass is 9.75. The van der Waals surface area contributed by atoms with Crippen molar-refractivity contribution in [3.63, 3.8) is 0 Å². The van der Waals surface area contributed by atoms with Gasteiger partial charge in [-0.1, -0.05) is 61.7 Å². The molecule has 1 saturated carbocycles. The third-order valence-corrected chi connectivity index (χ3v) is 6.62.